The smallest absolute Gasteiger partial charge is 0.325 e. The summed E-state index contributed by atoms with van der Waals surface area (Å²) in [6, 6.07) is 0. The van der Waals surface area contributed by atoms with Gasteiger partial charge in [0.1, 0.15) is 5.54 Å². The van der Waals surface area contributed by atoms with Gasteiger partial charge in [0.25, 0.3) is 0 Å². The SMILES string of the molecule is COC(=O)C(C)S(=O)(=O)NC1(C(=O)O)CCOCC1. The summed E-state index contributed by atoms with van der Waals surface area (Å²) in [7, 11) is -3.07. The number of carboxylic acids is 1. The Kier molecular flexibility index (Phi) is 4.88. The predicted molar refractivity (Wildman–Crippen MR) is 64.0 cm³/mol. The van der Waals surface area contributed by atoms with Crippen LogP contribution in [0.25, 0.3) is 0 Å². The Morgan fingerprint density at radius 1 is 1.37 bits per heavy atom. The first-order valence-corrected chi connectivity index (χ1v) is 7.21. The molecular formula is C10H17NO7S. The van der Waals surface area contributed by atoms with Gasteiger partial charge in [-0.1, -0.05) is 0 Å². The first kappa shape index (κ1) is 15.9. The number of hydrogen-bond acceptors (Lipinski definition) is 6. The van der Waals surface area contributed by atoms with Crippen molar-refractivity contribution in [3.63, 3.8) is 0 Å². The Bertz CT molecular complexity index is 452. The molecule has 2 N–H and O–H groups in total. The first-order chi connectivity index (χ1) is 8.75. The quantitative estimate of drug-likeness (QED) is 0.631. The van der Waals surface area contributed by atoms with Crippen LogP contribution < -0.4 is 4.72 Å². The Morgan fingerprint density at radius 3 is 2.32 bits per heavy atom. The molecule has 1 heterocycles. The number of aliphatic carboxylic acids is 1. The second-order valence-electron chi connectivity index (χ2n) is 4.31. The molecule has 0 aromatic rings. The Balaban J connectivity index is 2.96. The van der Waals surface area contributed by atoms with Crippen LogP contribution in [0.2, 0.25) is 0 Å². The normalized spacial score (nSPS) is 20.5. The van der Waals surface area contributed by atoms with Crippen LogP contribution in [-0.2, 0) is 29.1 Å². The molecule has 1 unspecified atom stereocenters. The lowest BCUT2D eigenvalue weighted by Gasteiger charge is -2.34. The molecule has 1 fully saturated rings. The van der Waals surface area contributed by atoms with Gasteiger partial charge in [0.2, 0.25) is 10.0 Å². The van der Waals surface area contributed by atoms with Crippen molar-refractivity contribution >= 4 is 22.0 Å². The van der Waals surface area contributed by atoms with Crippen LogP contribution >= 0.6 is 0 Å². The van der Waals surface area contributed by atoms with Crippen LogP contribution in [0, 0.1) is 0 Å². The maximum atomic E-state index is 12.0. The zero-order valence-electron chi connectivity index (χ0n) is 10.7. The summed E-state index contributed by atoms with van der Waals surface area (Å²) in [4.78, 5) is 22.6. The number of sulfonamides is 1. The number of ether oxygens (including phenoxy) is 2. The highest BCUT2D eigenvalue weighted by molar-refractivity contribution is 7.90. The summed E-state index contributed by atoms with van der Waals surface area (Å²) in [5.74, 6) is -2.23. The average Bonchev–Trinajstić information content (AvgIpc) is 2.37. The summed E-state index contributed by atoms with van der Waals surface area (Å²) in [6.45, 7) is 1.42. The van der Waals surface area contributed by atoms with E-state index in [0.29, 0.717) is 0 Å². The third-order valence-electron chi connectivity index (χ3n) is 3.09. The van der Waals surface area contributed by atoms with Crippen LogP contribution in [0.3, 0.4) is 0 Å². The molecule has 110 valence electrons. The van der Waals surface area contributed by atoms with Gasteiger partial charge in [0, 0.05) is 26.1 Å². The third kappa shape index (κ3) is 3.43. The fourth-order valence-corrected chi connectivity index (χ4v) is 3.10. The van der Waals surface area contributed by atoms with E-state index >= 15 is 0 Å². The summed E-state index contributed by atoms with van der Waals surface area (Å²) in [5, 5.41) is 7.76. The van der Waals surface area contributed by atoms with E-state index in [1.807, 2.05) is 0 Å². The van der Waals surface area contributed by atoms with Gasteiger partial charge in [0.15, 0.2) is 5.25 Å². The lowest BCUT2D eigenvalue weighted by Crippen LogP contribution is -2.59. The van der Waals surface area contributed by atoms with E-state index < -0.39 is 32.8 Å². The molecule has 0 bridgehead atoms. The van der Waals surface area contributed by atoms with E-state index in [4.69, 9.17) is 4.74 Å². The minimum Gasteiger partial charge on any atom is -0.480 e. The maximum Gasteiger partial charge on any atom is 0.325 e. The van der Waals surface area contributed by atoms with Gasteiger partial charge in [-0.2, -0.15) is 4.72 Å². The van der Waals surface area contributed by atoms with Crippen molar-refractivity contribution in [3.05, 3.63) is 0 Å². The molecule has 1 atom stereocenters. The zero-order chi connectivity index (χ0) is 14.7. The number of carbonyl (C=O) groups excluding carboxylic acids is 1. The molecule has 0 amide bonds. The summed E-state index contributed by atoms with van der Waals surface area (Å²) in [5.41, 5.74) is -1.63. The molecule has 0 spiro atoms. The van der Waals surface area contributed by atoms with E-state index in [0.717, 1.165) is 14.0 Å². The van der Waals surface area contributed by atoms with Gasteiger partial charge in [-0.15, -0.1) is 0 Å². The molecule has 19 heavy (non-hydrogen) atoms. The van der Waals surface area contributed by atoms with E-state index in [9.17, 15) is 23.1 Å². The number of esters is 1. The van der Waals surface area contributed by atoms with E-state index in [-0.39, 0.29) is 26.1 Å². The van der Waals surface area contributed by atoms with Gasteiger partial charge in [-0.3, -0.25) is 9.59 Å². The molecule has 1 aliphatic heterocycles. The highest BCUT2D eigenvalue weighted by Gasteiger charge is 2.45. The van der Waals surface area contributed by atoms with E-state index in [1.165, 1.54) is 0 Å². The molecule has 1 saturated heterocycles. The van der Waals surface area contributed by atoms with Crippen LogP contribution in [0.15, 0.2) is 0 Å². The number of carboxylic acid groups (broad SMARTS) is 1. The minimum atomic E-state index is -4.14. The lowest BCUT2D eigenvalue weighted by molar-refractivity contribution is -0.148. The van der Waals surface area contributed by atoms with Crippen molar-refractivity contribution in [2.45, 2.75) is 30.6 Å². The van der Waals surface area contributed by atoms with Crippen molar-refractivity contribution in [1.29, 1.82) is 0 Å². The molecular weight excluding hydrogens is 278 g/mol. The van der Waals surface area contributed by atoms with Crippen LogP contribution in [0.4, 0.5) is 0 Å². The number of hydrogen-bond donors (Lipinski definition) is 2. The molecule has 0 aliphatic carbocycles. The molecule has 0 aromatic carbocycles. The van der Waals surface area contributed by atoms with Crippen molar-refractivity contribution in [1.82, 2.24) is 4.72 Å². The average molecular weight is 295 g/mol. The summed E-state index contributed by atoms with van der Waals surface area (Å²) < 4.78 is 35.5. The minimum absolute atomic E-state index is 0.00938. The van der Waals surface area contributed by atoms with Crippen molar-refractivity contribution in [2.75, 3.05) is 20.3 Å². The fraction of sp³-hybridized carbons (Fsp3) is 0.800. The molecule has 1 aliphatic rings. The van der Waals surface area contributed by atoms with Gasteiger partial charge in [-0.05, 0) is 6.92 Å². The van der Waals surface area contributed by atoms with Crippen LogP contribution in [0.5, 0.6) is 0 Å². The second kappa shape index (κ2) is 5.85. The summed E-state index contributed by atoms with van der Waals surface area (Å²) >= 11 is 0. The zero-order valence-corrected chi connectivity index (χ0v) is 11.5. The Labute approximate surface area is 111 Å². The van der Waals surface area contributed by atoms with Crippen molar-refractivity contribution in [3.8, 4) is 0 Å². The van der Waals surface area contributed by atoms with Crippen LogP contribution in [0.1, 0.15) is 19.8 Å². The monoisotopic (exact) mass is 295 g/mol. The lowest BCUT2D eigenvalue weighted by atomic mass is 9.92. The highest BCUT2D eigenvalue weighted by Crippen LogP contribution is 2.23. The molecule has 8 nitrogen and oxygen atoms in total. The summed E-state index contributed by atoms with van der Waals surface area (Å²) in [6.07, 6.45) is 0.0188. The molecule has 9 heteroatoms. The Hall–Kier alpha value is -1.19. The number of nitrogens with one attached hydrogen (secondary N) is 1. The number of rotatable bonds is 5. The van der Waals surface area contributed by atoms with Crippen molar-refractivity contribution < 1.29 is 32.6 Å². The highest BCUT2D eigenvalue weighted by atomic mass is 32.2. The topological polar surface area (TPSA) is 119 Å². The third-order valence-corrected chi connectivity index (χ3v) is 4.89. The largest absolute Gasteiger partial charge is 0.480 e. The van der Waals surface area contributed by atoms with E-state index in [2.05, 4.69) is 9.46 Å². The Morgan fingerprint density at radius 2 is 1.89 bits per heavy atom. The molecule has 0 aromatic heterocycles. The predicted octanol–water partition coefficient (Wildman–Crippen LogP) is -0.899. The number of carbonyl (C=O) groups is 2. The van der Waals surface area contributed by atoms with Gasteiger partial charge in [0.05, 0.1) is 7.11 Å². The maximum absolute atomic E-state index is 12.0. The van der Waals surface area contributed by atoms with Gasteiger partial charge < -0.3 is 14.6 Å². The molecule has 0 radical (unpaired) electrons. The number of methoxy groups -OCH3 is 1. The van der Waals surface area contributed by atoms with Gasteiger partial charge >= 0.3 is 11.9 Å². The first-order valence-electron chi connectivity index (χ1n) is 5.67. The second-order valence-corrected chi connectivity index (χ2v) is 6.31. The van der Waals surface area contributed by atoms with Gasteiger partial charge in [-0.25, -0.2) is 8.42 Å². The van der Waals surface area contributed by atoms with Crippen LogP contribution in [-0.4, -0.2) is 56.6 Å². The molecule has 1 rings (SSSR count). The van der Waals surface area contributed by atoms with Crippen molar-refractivity contribution in [2.24, 2.45) is 0 Å². The fourth-order valence-electron chi connectivity index (χ4n) is 1.73. The van der Waals surface area contributed by atoms with E-state index in [1.54, 1.807) is 0 Å². The standard InChI is InChI=1S/C10H17NO7S/c1-7(8(12)17-2)19(15,16)11-10(9(13)14)3-5-18-6-4-10/h7,11H,3-6H2,1-2H3,(H,13,14). The molecule has 0 saturated carbocycles.